The number of rotatable bonds is 6. The van der Waals surface area contributed by atoms with Crippen LogP contribution in [-0.2, 0) is 6.54 Å². The van der Waals surface area contributed by atoms with Crippen LogP contribution in [0, 0.1) is 17.7 Å². The number of nitrogens with zero attached hydrogens (tertiary/aromatic N) is 1. The molecule has 19 heavy (non-hydrogen) atoms. The molecule has 104 valence electrons. The molecule has 0 amide bonds. The Hall–Kier alpha value is -1.37. The van der Waals surface area contributed by atoms with Gasteiger partial charge in [-0.05, 0) is 31.6 Å². The molecule has 2 N–H and O–H groups in total. The number of unbranched alkanes of at least 4 members (excludes halogenated alkanes) is 1. The third-order valence-corrected chi connectivity index (χ3v) is 3.06. The topological polar surface area (TPSA) is 29.3 Å². The van der Waals surface area contributed by atoms with Gasteiger partial charge in [-0.15, -0.1) is 0 Å². The van der Waals surface area contributed by atoms with Crippen LogP contribution in [0.4, 0.5) is 4.39 Å². The van der Waals surface area contributed by atoms with E-state index in [0.717, 1.165) is 31.5 Å². The highest BCUT2D eigenvalue weighted by atomic mass is 19.1. The SMILES string of the molecule is CCCCN(CC)Cc1ccc(C#CCN)cc1F. The van der Waals surface area contributed by atoms with Gasteiger partial charge in [-0.2, -0.15) is 0 Å². The smallest absolute Gasteiger partial charge is 0.128 e. The lowest BCUT2D eigenvalue weighted by Crippen LogP contribution is -2.24. The van der Waals surface area contributed by atoms with Gasteiger partial charge < -0.3 is 5.73 Å². The Balaban J connectivity index is 2.73. The molecule has 0 aromatic heterocycles. The van der Waals surface area contributed by atoms with Crippen molar-refractivity contribution < 1.29 is 4.39 Å². The van der Waals surface area contributed by atoms with E-state index in [2.05, 4.69) is 30.6 Å². The second-order valence-electron chi connectivity index (χ2n) is 4.53. The highest BCUT2D eigenvalue weighted by Crippen LogP contribution is 2.13. The predicted octanol–water partition coefficient (Wildman–Crippen LogP) is 2.76. The number of benzene rings is 1. The third-order valence-electron chi connectivity index (χ3n) is 3.06. The minimum absolute atomic E-state index is 0.182. The summed E-state index contributed by atoms with van der Waals surface area (Å²) in [5.74, 6) is 5.40. The van der Waals surface area contributed by atoms with Gasteiger partial charge in [0, 0.05) is 17.7 Å². The summed E-state index contributed by atoms with van der Waals surface area (Å²) in [6.07, 6.45) is 2.31. The van der Waals surface area contributed by atoms with Crippen LogP contribution in [0.2, 0.25) is 0 Å². The fraction of sp³-hybridized carbons (Fsp3) is 0.500. The first-order valence-electron chi connectivity index (χ1n) is 6.91. The van der Waals surface area contributed by atoms with Crippen LogP contribution in [0.15, 0.2) is 18.2 Å². The van der Waals surface area contributed by atoms with Gasteiger partial charge in [-0.3, -0.25) is 4.90 Å². The summed E-state index contributed by atoms with van der Waals surface area (Å²) in [4.78, 5) is 2.26. The molecule has 0 spiro atoms. The van der Waals surface area contributed by atoms with E-state index in [1.54, 1.807) is 0 Å². The highest BCUT2D eigenvalue weighted by molar-refractivity contribution is 5.37. The number of halogens is 1. The summed E-state index contributed by atoms with van der Waals surface area (Å²) in [6.45, 7) is 7.18. The fourth-order valence-electron chi connectivity index (χ4n) is 1.88. The monoisotopic (exact) mass is 262 g/mol. The lowest BCUT2D eigenvalue weighted by atomic mass is 10.1. The van der Waals surface area contributed by atoms with Crippen molar-refractivity contribution >= 4 is 0 Å². The summed E-state index contributed by atoms with van der Waals surface area (Å²) in [7, 11) is 0. The quantitative estimate of drug-likeness (QED) is 0.799. The third kappa shape index (κ3) is 5.42. The van der Waals surface area contributed by atoms with E-state index in [-0.39, 0.29) is 5.82 Å². The zero-order chi connectivity index (χ0) is 14.1. The molecule has 1 aromatic rings. The largest absolute Gasteiger partial charge is 0.320 e. The molecule has 0 saturated heterocycles. The zero-order valence-corrected chi connectivity index (χ0v) is 11.9. The van der Waals surface area contributed by atoms with E-state index >= 15 is 0 Å². The first-order chi connectivity index (χ1) is 9.21. The molecule has 0 bridgehead atoms. The van der Waals surface area contributed by atoms with E-state index in [1.165, 1.54) is 6.07 Å². The van der Waals surface area contributed by atoms with Crippen molar-refractivity contribution in [2.45, 2.75) is 33.2 Å². The Kier molecular flexibility index (Phi) is 7.17. The van der Waals surface area contributed by atoms with E-state index < -0.39 is 0 Å². The summed E-state index contributed by atoms with van der Waals surface area (Å²) in [5.41, 5.74) is 6.72. The van der Waals surface area contributed by atoms with Crippen molar-refractivity contribution in [2.75, 3.05) is 19.6 Å². The molecule has 0 aliphatic rings. The van der Waals surface area contributed by atoms with Crippen molar-refractivity contribution in [1.82, 2.24) is 4.90 Å². The van der Waals surface area contributed by atoms with Crippen molar-refractivity contribution in [2.24, 2.45) is 5.73 Å². The van der Waals surface area contributed by atoms with Crippen molar-refractivity contribution in [3.05, 3.63) is 35.1 Å². The van der Waals surface area contributed by atoms with Crippen LogP contribution >= 0.6 is 0 Å². The molecule has 0 aliphatic heterocycles. The maximum Gasteiger partial charge on any atom is 0.128 e. The molecule has 0 heterocycles. The van der Waals surface area contributed by atoms with Gasteiger partial charge in [0.05, 0.1) is 6.54 Å². The van der Waals surface area contributed by atoms with Crippen LogP contribution in [0.3, 0.4) is 0 Å². The molecule has 3 heteroatoms. The van der Waals surface area contributed by atoms with Crippen molar-refractivity contribution in [1.29, 1.82) is 0 Å². The zero-order valence-electron chi connectivity index (χ0n) is 11.9. The summed E-state index contributed by atoms with van der Waals surface area (Å²) >= 11 is 0. The predicted molar refractivity (Wildman–Crippen MR) is 78.2 cm³/mol. The molecule has 1 rings (SSSR count). The molecule has 0 fully saturated rings. The normalized spacial score (nSPS) is 10.4. The maximum atomic E-state index is 14.0. The highest BCUT2D eigenvalue weighted by Gasteiger charge is 2.08. The number of hydrogen-bond acceptors (Lipinski definition) is 2. The molecular formula is C16H23FN2. The standard InChI is InChI=1S/C16H23FN2/c1-3-5-11-19(4-2)13-15-9-8-14(7-6-10-18)12-16(15)17/h8-9,12H,3-5,10-11,13,18H2,1-2H3. The lowest BCUT2D eigenvalue weighted by Gasteiger charge is -2.20. The second-order valence-corrected chi connectivity index (χ2v) is 4.53. The Morgan fingerprint density at radius 1 is 1.32 bits per heavy atom. The lowest BCUT2D eigenvalue weighted by molar-refractivity contribution is 0.271. The Labute approximate surface area is 115 Å². The van der Waals surface area contributed by atoms with Gasteiger partial charge in [0.15, 0.2) is 0 Å². The van der Waals surface area contributed by atoms with E-state index in [1.807, 2.05) is 12.1 Å². The van der Waals surface area contributed by atoms with Gasteiger partial charge in [0.2, 0.25) is 0 Å². The molecule has 1 aromatic carbocycles. The van der Waals surface area contributed by atoms with Crippen LogP contribution in [0.5, 0.6) is 0 Å². The first-order valence-corrected chi connectivity index (χ1v) is 6.91. The van der Waals surface area contributed by atoms with Crippen molar-refractivity contribution in [3.8, 4) is 11.8 Å². The van der Waals surface area contributed by atoms with Gasteiger partial charge >= 0.3 is 0 Å². The Morgan fingerprint density at radius 2 is 2.11 bits per heavy atom. The minimum atomic E-state index is -0.182. The molecule has 0 aliphatic carbocycles. The average Bonchev–Trinajstić information content (AvgIpc) is 2.43. The minimum Gasteiger partial charge on any atom is -0.320 e. The van der Waals surface area contributed by atoms with Crippen LogP contribution in [0.25, 0.3) is 0 Å². The van der Waals surface area contributed by atoms with Gasteiger partial charge in [-0.25, -0.2) is 4.39 Å². The molecule has 0 saturated carbocycles. The van der Waals surface area contributed by atoms with E-state index in [0.29, 0.717) is 18.7 Å². The van der Waals surface area contributed by atoms with Crippen molar-refractivity contribution in [3.63, 3.8) is 0 Å². The second kappa shape index (κ2) is 8.68. The summed E-state index contributed by atoms with van der Waals surface area (Å²) < 4.78 is 14.0. The number of hydrogen-bond donors (Lipinski definition) is 1. The fourth-order valence-corrected chi connectivity index (χ4v) is 1.88. The van der Waals surface area contributed by atoms with Crippen LogP contribution < -0.4 is 5.73 Å². The van der Waals surface area contributed by atoms with Gasteiger partial charge in [0.1, 0.15) is 5.82 Å². The average molecular weight is 262 g/mol. The van der Waals surface area contributed by atoms with Gasteiger partial charge in [0.25, 0.3) is 0 Å². The van der Waals surface area contributed by atoms with Gasteiger partial charge in [-0.1, -0.05) is 38.2 Å². The van der Waals surface area contributed by atoms with Crippen LogP contribution in [-0.4, -0.2) is 24.5 Å². The van der Waals surface area contributed by atoms with Crippen LogP contribution in [0.1, 0.15) is 37.8 Å². The first kappa shape index (κ1) is 15.7. The molecule has 0 radical (unpaired) electrons. The number of nitrogens with two attached hydrogens (primary N) is 1. The molecular weight excluding hydrogens is 239 g/mol. The Morgan fingerprint density at radius 3 is 2.68 bits per heavy atom. The van der Waals surface area contributed by atoms with E-state index in [9.17, 15) is 4.39 Å². The van der Waals surface area contributed by atoms with E-state index in [4.69, 9.17) is 5.73 Å². The summed E-state index contributed by atoms with van der Waals surface area (Å²) in [6, 6.07) is 5.17. The summed E-state index contributed by atoms with van der Waals surface area (Å²) in [5, 5.41) is 0. The Bertz CT molecular complexity index is 446. The molecule has 2 nitrogen and oxygen atoms in total. The molecule has 0 unspecified atom stereocenters. The maximum absolute atomic E-state index is 14.0. The molecule has 0 atom stereocenters.